The quantitative estimate of drug-likeness (QED) is 0.675. The third-order valence-corrected chi connectivity index (χ3v) is 6.71. The highest BCUT2D eigenvalue weighted by atomic mass is 79.9. The molecule has 0 bridgehead atoms. The molecule has 2 aromatic carbocycles. The number of amides is 1. The number of rotatable bonds is 7. The number of sulfonamides is 1. The fourth-order valence-electron chi connectivity index (χ4n) is 3.21. The largest absolute Gasteiger partial charge is 0.312 e. The van der Waals surface area contributed by atoms with E-state index in [0.29, 0.717) is 25.9 Å². The predicted octanol–water partition coefficient (Wildman–Crippen LogP) is 3.91. The summed E-state index contributed by atoms with van der Waals surface area (Å²) in [6, 6.07) is 12.8. The van der Waals surface area contributed by atoms with Gasteiger partial charge in [-0.15, -0.1) is 0 Å². The van der Waals surface area contributed by atoms with Gasteiger partial charge in [0.25, 0.3) is 0 Å². The Labute approximate surface area is 175 Å². The minimum Gasteiger partial charge on any atom is -0.312 e. The zero-order valence-corrected chi connectivity index (χ0v) is 18.5. The Kier molecular flexibility index (Phi) is 6.58. The number of nitrogens with zero attached hydrogens (tertiary/aromatic N) is 1. The van der Waals surface area contributed by atoms with Crippen LogP contribution in [0.5, 0.6) is 0 Å². The summed E-state index contributed by atoms with van der Waals surface area (Å²) in [4.78, 5) is 14.7. The fourth-order valence-corrected chi connectivity index (χ4v) is 4.83. The van der Waals surface area contributed by atoms with Gasteiger partial charge in [0.2, 0.25) is 15.9 Å². The molecular formula is C21H25BrN2O3S. The molecule has 28 heavy (non-hydrogen) atoms. The highest BCUT2D eigenvalue weighted by molar-refractivity contribution is 9.10. The van der Waals surface area contributed by atoms with Crippen LogP contribution < -0.4 is 9.62 Å². The molecule has 0 spiro atoms. The molecule has 2 aromatic rings. The lowest BCUT2D eigenvalue weighted by atomic mass is 10.1. The average Bonchev–Trinajstić information content (AvgIpc) is 3.08. The number of fused-ring (bicyclic) bond motifs is 1. The van der Waals surface area contributed by atoms with Crippen molar-refractivity contribution in [3.63, 3.8) is 0 Å². The van der Waals surface area contributed by atoms with E-state index in [2.05, 4.69) is 26.7 Å². The van der Waals surface area contributed by atoms with Crippen molar-refractivity contribution >= 4 is 37.5 Å². The molecule has 0 fully saturated rings. The molecule has 3 rings (SSSR count). The SMILES string of the molecule is CC(C)CNS(=O)(=O)c1ccc(CCC(=O)N2CCc3cc(Br)ccc32)cc1. The van der Waals surface area contributed by atoms with Crippen molar-refractivity contribution in [3.8, 4) is 0 Å². The van der Waals surface area contributed by atoms with Crippen LogP contribution in [-0.2, 0) is 27.7 Å². The van der Waals surface area contributed by atoms with Crippen LogP contribution in [0.3, 0.4) is 0 Å². The first kappa shape index (κ1) is 21.0. The van der Waals surface area contributed by atoms with E-state index in [1.165, 1.54) is 5.56 Å². The number of nitrogens with one attached hydrogen (secondary N) is 1. The molecule has 0 saturated heterocycles. The molecule has 0 unspecified atom stereocenters. The van der Waals surface area contributed by atoms with Gasteiger partial charge in [0.15, 0.2) is 0 Å². The fraction of sp³-hybridized carbons (Fsp3) is 0.381. The number of carbonyl (C=O) groups is 1. The van der Waals surface area contributed by atoms with Gasteiger partial charge in [-0.1, -0.05) is 41.9 Å². The molecule has 1 N–H and O–H groups in total. The lowest BCUT2D eigenvalue weighted by molar-refractivity contribution is -0.118. The minimum absolute atomic E-state index is 0.0939. The van der Waals surface area contributed by atoms with Crippen LogP contribution in [0.1, 0.15) is 31.4 Å². The van der Waals surface area contributed by atoms with Crippen LogP contribution in [0, 0.1) is 5.92 Å². The van der Waals surface area contributed by atoms with Crippen LogP contribution in [0.2, 0.25) is 0 Å². The molecule has 150 valence electrons. The summed E-state index contributed by atoms with van der Waals surface area (Å²) in [6.07, 6.45) is 1.85. The molecule has 5 nitrogen and oxygen atoms in total. The van der Waals surface area contributed by atoms with Crippen molar-refractivity contribution in [1.82, 2.24) is 4.72 Å². The molecule has 1 amide bonds. The zero-order chi connectivity index (χ0) is 20.3. The lowest BCUT2D eigenvalue weighted by Gasteiger charge is -2.17. The molecule has 1 aliphatic rings. The van der Waals surface area contributed by atoms with Crippen LogP contribution in [0.25, 0.3) is 0 Å². The van der Waals surface area contributed by atoms with Crippen molar-refractivity contribution in [2.75, 3.05) is 18.0 Å². The summed E-state index contributed by atoms with van der Waals surface area (Å²) < 4.78 is 28.1. The molecule has 0 radical (unpaired) electrons. The first-order valence-corrected chi connectivity index (χ1v) is 11.7. The average molecular weight is 465 g/mol. The molecule has 1 heterocycles. The Bertz CT molecular complexity index is 956. The Morgan fingerprint density at radius 1 is 1.18 bits per heavy atom. The van der Waals surface area contributed by atoms with Gasteiger partial charge < -0.3 is 4.90 Å². The molecule has 0 saturated carbocycles. The minimum atomic E-state index is -3.48. The number of hydrogen-bond donors (Lipinski definition) is 1. The van der Waals surface area contributed by atoms with E-state index in [9.17, 15) is 13.2 Å². The van der Waals surface area contributed by atoms with Gasteiger partial charge in [0.05, 0.1) is 4.90 Å². The van der Waals surface area contributed by atoms with Gasteiger partial charge in [-0.25, -0.2) is 13.1 Å². The van der Waals surface area contributed by atoms with Crippen LogP contribution in [0.15, 0.2) is 51.8 Å². The molecular weight excluding hydrogens is 440 g/mol. The number of anilines is 1. The Hall–Kier alpha value is -1.70. The van der Waals surface area contributed by atoms with Gasteiger partial charge >= 0.3 is 0 Å². The summed E-state index contributed by atoms with van der Waals surface area (Å²) in [6.45, 7) is 5.04. The van der Waals surface area contributed by atoms with Crippen molar-refractivity contribution in [3.05, 3.63) is 58.1 Å². The maximum atomic E-state index is 12.6. The van der Waals surface area contributed by atoms with Crippen LogP contribution in [-0.4, -0.2) is 27.4 Å². The summed E-state index contributed by atoms with van der Waals surface area (Å²) >= 11 is 3.47. The summed E-state index contributed by atoms with van der Waals surface area (Å²) in [5.74, 6) is 0.341. The normalized spacial score (nSPS) is 13.8. The first-order chi connectivity index (χ1) is 13.3. The molecule has 0 atom stereocenters. The third kappa shape index (κ3) is 5.01. The Morgan fingerprint density at radius 2 is 1.89 bits per heavy atom. The van der Waals surface area contributed by atoms with E-state index in [-0.39, 0.29) is 16.7 Å². The standard InChI is InChI=1S/C21H25BrN2O3S/c1-15(2)14-23-28(26,27)19-7-3-16(4-8-19)5-10-21(25)24-12-11-17-13-18(22)6-9-20(17)24/h3-4,6-9,13,15,23H,5,10-12,14H2,1-2H3. The van der Waals surface area contributed by atoms with Crippen molar-refractivity contribution in [2.24, 2.45) is 5.92 Å². The molecule has 7 heteroatoms. The second-order valence-corrected chi connectivity index (χ2v) is 10.1. The predicted molar refractivity (Wildman–Crippen MR) is 115 cm³/mol. The van der Waals surface area contributed by atoms with Crippen LogP contribution in [0.4, 0.5) is 5.69 Å². The summed E-state index contributed by atoms with van der Waals surface area (Å²) in [5, 5.41) is 0. The van der Waals surface area contributed by atoms with Crippen molar-refractivity contribution in [2.45, 2.75) is 38.0 Å². The first-order valence-electron chi connectivity index (χ1n) is 9.43. The van der Waals surface area contributed by atoms with Crippen LogP contribution >= 0.6 is 15.9 Å². The monoisotopic (exact) mass is 464 g/mol. The van der Waals surface area contributed by atoms with E-state index in [0.717, 1.165) is 22.1 Å². The highest BCUT2D eigenvalue weighted by Gasteiger charge is 2.24. The number of hydrogen-bond acceptors (Lipinski definition) is 3. The van der Waals surface area contributed by atoms with Gasteiger partial charge in [0.1, 0.15) is 0 Å². The Morgan fingerprint density at radius 3 is 2.57 bits per heavy atom. The topological polar surface area (TPSA) is 66.5 Å². The molecule has 0 aliphatic carbocycles. The lowest BCUT2D eigenvalue weighted by Crippen LogP contribution is -2.29. The highest BCUT2D eigenvalue weighted by Crippen LogP contribution is 2.31. The Balaban J connectivity index is 1.59. The van der Waals surface area contributed by atoms with Crippen molar-refractivity contribution < 1.29 is 13.2 Å². The smallest absolute Gasteiger partial charge is 0.240 e. The third-order valence-electron chi connectivity index (χ3n) is 4.78. The van der Waals surface area contributed by atoms with Gasteiger partial charge in [-0.05, 0) is 60.2 Å². The summed E-state index contributed by atoms with van der Waals surface area (Å²) in [7, 11) is -3.48. The zero-order valence-electron chi connectivity index (χ0n) is 16.1. The van der Waals surface area contributed by atoms with Crippen molar-refractivity contribution in [1.29, 1.82) is 0 Å². The molecule has 0 aromatic heterocycles. The second kappa shape index (κ2) is 8.76. The van der Waals surface area contributed by atoms with E-state index in [4.69, 9.17) is 0 Å². The van der Waals surface area contributed by atoms with Gasteiger partial charge in [-0.3, -0.25) is 4.79 Å². The number of aryl methyl sites for hydroxylation is 1. The van der Waals surface area contributed by atoms with E-state index in [1.54, 1.807) is 24.3 Å². The van der Waals surface area contributed by atoms with E-state index >= 15 is 0 Å². The number of halogens is 1. The van der Waals surface area contributed by atoms with E-state index < -0.39 is 10.0 Å². The van der Waals surface area contributed by atoms with Gasteiger partial charge in [-0.2, -0.15) is 0 Å². The number of carbonyl (C=O) groups excluding carboxylic acids is 1. The second-order valence-electron chi connectivity index (χ2n) is 7.46. The molecule has 1 aliphatic heterocycles. The number of benzene rings is 2. The maximum absolute atomic E-state index is 12.6. The van der Waals surface area contributed by atoms with E-state index in [1.807, 2.05) is 30.9 Å². The summed E-state index contributed by atoms with van der Waals surface area (Å²) in [5.41, 5.74) is 3.13. The van der Waals surface area contributed by atoms with Gasteiger partial charge in [0, 0.05) is 29.7 Å². The maximum Gasteiger partial charge on any atom is 0.240 e.